The fraction of sp³-hybridized carbons (Fsp3) is 0.318. The molecule has 0 unspecified atom stereocenters. The molecule has 1 heterocycles. The molecule has 0 bridgehead atoms. The molecule has 4 nitrogen and oxygen atoms in total. The van der Waals surface area contributed by atoms with E-state index in [2.05, 4.69) is 40.4 Å². The summed E-state index contributed by atoms with van der Waals surface area (Å²) in [5, 5.41) is 9.94. The maximum absolute atomic E-state index is 13.4. The van der Waals surface area contributed by atoms with Crippen molar-refractivity contribution in [1.29, 1.82) is 0 Å². The fourth-order valence-electron chi connectivity index (χ4n) is 4.22. The van der Waals surface area contributed by atoms with Gasteiger partial charge >= 0.3 is 0 Å². The molecule has 27 heavy (non-hydrogen) atoms. The highest BCUT2D eigenvalue weighted by atomic mass is 79.9. The number of carbonyl (C=O) groups is 1. The van der Waals surface area contributed by atoms with Crippen LogP contribution in [0.4, 0.5) is 0 Å². The van der Waals surface area contributed by atoms with E-state index >= 15 is 0 Å². The van der Waals surface area contributed by atoms with Gasteiger partial charge in [0.1, 0.15) is 5.75 Å². The maximum Gasteiger partial charge on any atom is 0.195 e. The van der Waals surface area contributed by atoms with Crippen LogP contribution in [0.1, 0.15) is 47.4 Å². The standard InChI is InChI=1S/C22H22BrNO3/c1-22(2)17-12-14(27-10-4-9-25)6-8-15(17)20(26)19-16-7-5-13(23)11-18(16)24(3)21(19)22/h5-8,11-12,25H,4,9-10H2,1-3H3. The Morgan fingerprint density at radius 2 is 1.96 bits per heavy atom. The molecule has 4 rings (SSSR count). The number of hydrogen-bond donors (Lipinski definition) is 1. The van der Waals surface area contributed by atoms with Crippen molar-refractivity contribution in [1.82, 2.24) is 4.57 Å². The Morgan fingerprint density at radius 1 is 1.19 bits per heavy atom. The Bertz CT molecular complexity index is 1070. The van der Waals surface area contributed by atoms with Gasteiger partial charge < -0.3 is 14.4 Å². The zero-order valence-corrected chi connectivity index (χ0v) is 17.3. The van der Waals surface area contributed by atoms with Crippen LogP contribution in [-0.4, -0.2) is 28.7 Å². The number of aliphatic hydroxyl groups is 1. The van der Waals surface area contributed by atoms with Gasteiger partial charge in [-0.15, -0.1) is 0 Å². The van der Waals surface area contributed by atoms with Gasteiger partial charge in [0.25, 0.3) is 0 Å². The first-order valence-electron chi connectivity index (χ1n) is 9.07. The number of benzene rings is 2. The van der Waals surface area contributed by atoms with Crippen LogP contribution < -0.4 is 4.74 Å². The summed E-state index contributed by atoms with van der Waals surface area (Å²) in [6.45, 7) is 4.87. The van der Waals surface area contributed by atoms with E-state index in [0.717, 1.165) is 43.5 Å². The monoisotopic (exact) mass is 427 g/mol. The minimum absolute atomic E-state index is 0.0640. The zero-order valence-electron chi connectivity index (χ0n) is 15.7. The van der Waals surface area contributed by atoms with Crippen molar-refractivity contribution in [2.75, 3.05) is 13.2 Å². The number of aromatic nitrogens is 1. The number of aryl methyl sites for hydroxylation is 1. The molecule has 0 saturated heterocycles. The van der Waals surface area contributed by atoms with Crippen LogP contribution in [-0.2, 0) is 12.5 Å². The van der Waals surface area contributed by atoms with Crippen LogP contribution in [0.5, 0.6) is 5.75 Å². The fourth-order valence-corrected chi connectivity index (χ4v) is 4.57. The van der Waals surface area contributed by atoms with Crippen molar-refractivity contribution in [3.05, 3.63) is 63.3 Å². The molecule has 1 aliphatic rings. The van der Waals surface area contributed by atoms with Crippen molar-refractivity contribution in [2.24, 2.45) is 7.05 Å². The van der Waals surface area contributed by atoms with E-state index in [1.165, 1.54) is 0 Å². The van der Waals surface area contributed by atoms with Crippen molar-refractivity contribution >= 4 is 32.6 Å². The molecule has 1 N–H and O–H groups in total. The lowest BCUT2D eigenvalue weighted by molar-refractivity contribution is 0.103. The van der Waals surface area contributed by atoms with E-state index in [1.54, 1.807) is 0 Å². The molecule has 3 aromatic rings. The summed E-state index contributed by atoms with van der Waals surface area (Å²) < 4.78 is 8.88. The van der Waals surface area contributed by atoms with E-state index in [1.807, 2.05) is 37.4 Å². The van der Waals surface area contributed by atoms with Gasteiger partial charge in [0.2, 0.25) is 0 Å². The Hall–Kier alpha value is -2.11. The minimum Gasteiger partial charge on any atom is -0.493 e. The van der Waals surface area contributed by atoms with Crippen molar-refractivity contribution in [3.63, 3.8) is 0 Å². The van der Waals surface area contributed by atoms with Crippen LogP contribution in [0.3, 0.4) is 0 Å². The smallest absolute Gasteiger partial charge is 0.195 e. The molecule has 0 fully saturated rings. The molecule has 0 spiro atoms. The third kappa shape index (κ3) is 2.72. The minimum atomic E-state index is -0.338. The second-order valence-electron chi connectivity index (χ2n) is 7.53. The van der Waals surface area contributed by atoms with E-state index in [9.17, 15) is 4.79 Å². The second-order valence-corrected chi connectivity index (χ2v) is 8.45. The summed E-state index contributed by atoms with van der Waals surface area (Å²) in [7, 11) is 2.02. The predicted octanol–water partition coefficient (Wildman–Crippen LogP) is 4.57. The Kier molecular flexibility index (Phi) is 4.40. The molecule has 1 aromatic heterocycles. The van der Waals surface area contributed by atoms with Gasteiger partial charge in [0.05, 0.1) is 12.2 Å². The van der Waals surface area contributed by atoms with Gasteiger partial charge in [0.15, 0.2) is 5.78 Å². The lowest BCUT2D eigenvalue weighted by atomic mass is 9.71. The van der Waals surface area contributed by atoms with Gasteiger partial charge in [-0.05, 0) is 35.9 Å². The molecule has 1 aliphatic carbocycles. The zero-order chi connectivity index (χ0) is 19.3. The summed E-state index contributed by atoms with van der Waals surface area (Å²) >= 11 is 3.54. The average molecular weight is 428 g/mol. The third-order valence-electron chi connectivity index (χ3n) is 5.46. The molecule has 0 atom stereocenters. The predicted molar refractivity (Wildman–Crippen MR) is 110 cm³/mol. The third-order valence-corrected chi connectivity index (χ3v) is 5.96. The molecular formula is C22H22BrNO3. The topological polar surface area (TPSA) is 51.5 Å². The number of aliphatic hydroxyl groups excluding tert-OH is 1. The summed E-state index contributed by atoms with van der Waals surface area (Å²) in [5.74, 6) is 0.794. The summed E-state index contributed by atoms with van der Waals surface area (Å²) in [5.41, 5.74) is 4.24. The highest BCUT2D eigenvalue weighted by molar-refractivity contribution is 9.10. The lowest BCUT2D eigenvalue weighted by Crippen LogP contribution is -2.32. The van der Waals surface area contributed by atoms with Crippen molar-refractivity contribution < 1.29 is 14.6 Å². The highest BCUT2D eigenvalue weighted by Crippen LogP contribution is 2.46. The highest BCUT2D eigenvalue weighted by Gasteiger charge is 2.41. The number of hydrogen-bond acceptors (Lipinski definition) is 3. The molecule has 0 aliphatic heterocycles. The first-order valence-corrected chi connectivity index (χ1v) is 9.87. The number of fused-ring (bicyclic) bond motifs is 4. The molecular weight excluding hydrogens is 406 g/mol. The number of ether oxygens (including phenoxy) is 1. The van der Waals surface area contributed by atoms with Crippen LogP contribution in [0, 0.1) is 0 Å². The number of rotatable bonds is 4. The van der Waals surface area contributed by atoms with Crippen LogP contribution in [0.2, 0.25) is 0 Å². The molecule has 0 radical (unpaired) electrons. The summed E-state index contributed by atoms with van der Waals surface area (Å²) in [6, 6.07) is 11.7. The number of carbonyl (C=O) groups excluding carboxylic acids is 1. The molecule has 0 amide bonds. The Balaban J connectivity index is 1.91. The normalized spacial score (nSPS) is 14.9. The van der Waals surface area contributed by atoms with Gasteiger partial charge in [-0.25, -0.2) is 0 Å². The Labute approximate surface area is 166 Å². The van der Waals surface area contributed by atoms with Gasteiger partial charge in [0, 0.05) is 52.1 Å². The van der Waals surface area contributed by atoms with Crippen molar-refractivity contribution in [2.45, 2.75) is 25.7 Å². The number of nitrogens with zero attached hydrogens (tertiary/aromatic N) is 1. The van der Waals surface area contributed by atoms with E-state index in [4.69, 9.17) is 9.84 Å². The van der Waals surface area contributed by atoms with Crippen molar-refractivity contribution in [3.8, 4) is 5.75 Å². The molecule has 5 heteroatoms. The van der Waals surface area contributed by atoms with Crippen LogP contribution in [0.25, 0.3) is 10.9 Å². The van der Waals surface area contributed by atoms with Gasteiger partial charge in [-0.2, -0.15) is 0 Å². The maximum atomic E-state index is 13.4. The quantitative estimate of drug-likeness (QED) is 0.620. The van der Waals surface area contributed by atoms with Gasteiger partial charge in [-0.1, -0.05) is 35.8 Å². The molecule has 140 valence electrons. The largest absolute Gasteiger partial charge is 0.493 e. The summed E-state index contributed by atoms with van der Waals surface area (Å²) in [4.78, 5) is 13.4. The summed E-state index contributed by atoms with van der Waals surface area (Å²) in [6.07, 6.45) is 0.585. The van der Waals surface area contributed by atoms with E-state index in [-0.39, 0.29) is 17.8 Å². The van der Waals surface area contributed by atoms with E-state index < -0.39 is 0 Å². The van der Waals surface area contributed by atoms with Crippen LogP contribution >= 0.6 is 15.9 Å². The van der Waals surface area contributed by atoms with Gasteiger partial charge in [-0.3, -0.25) is 4.79 Å². The average Bonchev–Trinajstić information content (AvgIpc) is 2.93. The first-order chi connectivity index (χ1) is 12.9. The Morgan fingerprint density at radius 3 is 2.70 bits per heavy atom. The second kappa shape index (κ2) is 6.50. The lowest BCUT2D eigenvalue weighted by Gasteiger charge is -2.33. The molecule has 0 saturated carbocycles. The SMILES string of the molecule is Cn1c2c(c3ccc(Br)cc31)C(=O)c1ccc(OCCCO)cc1C2(C)C. The number of halogens is 1. The first kappa shape index (κ1) is 18.3. The van der Waals surface area contributed by atoms with E-state index in [0.29, 0.717) is 13.0 Å². The number of ketones is 1. The molecule has 2 aromatic carbocycles. The van der Waals surface area contributed by atoms with Crippen LogP contribution in [0.15, 0.2) is 40.9 Å².